The van der Waals surface area contributed by atoms with Gasteiger partial charge in [-0.25, -0.2) is 12.8 Å². The first kappa shape index (κ1) is 18.4. The Morgan fingerprint density at radius 3 is 2.60 bits per heavy atom. The molecule has 0 saturated carbocycles. The van der Waals surface area contributed by atoms with Gasteiger partial charge in [-0.1, -0.05) is 18.2 Å². The summed E-state index contributed by atoms with van der Waals surface area (Å²) in [5.41, 5.74) is 1.81. The summed E-state index contributed by atoms with van der Waals surface area (Å²) in [7, 11) is -1.85. The van der Waals surface area contributed by atoms with Crippen LogP contribution in [0.3, 0.4) is 0 Å². The standard InChI is InChI=1S/C17H22FN3O2S2/c1-12-17(13(2)20(3)19-12)25(22,23)21-9-8-16(24-11-10-21)14-6-4-5-7-15(14)18/h4-7,16H,8-11H2,1-3H3. The number of rotatable bonds is 3. The summed E-state index contributed by atoms with van der Waals surface area (Å²) in [6.07, 6.45) is 0.586. The second-order valence-corrected chi connectivity index (χ2v) is 9.38. The maximum atomic E-state index is 14.1. The van der Waals surface area contributed by atoms with Crippen LogP contribution in [-0.2, 0) is 17.1 Å². The van der Waals surface area contributed by atoms with E-state index in [2.05, 4.69) is 5.10 Å². The van der Waals surface area contributed by atoms with E-state index < -0.39 is 10.0 Å². The molecule has 1 unspecified atom stereocenters. The van der Waals surface area contributed by atoms with E-state index in [0.717, 1.165) is 0 Å². The smallest absolute Gasteiger partial charge is 0.246 e. The summed E-state index contributed by atoms with van der Waals surface area (Å²) in [6, 6.07) is 6.73. The van der Waals surface area contributed by atoms with E-state index >= 15 is 0 Å². The molecule has 0 spiro atoms. The first-order chi connectivity index (χ1) is 11.8. The van der Waals surface area contributed by atoms with Crippen molar-refractivity contribution in [2.24, 2.45) is 7.05 Å². The van der Waals surface area contributed by atoms with Crippen LogP contribution in [0, 0.1) is 19.7 Å². The maximum Gasteiger partial charge on any atom is 0.246 e. The predicted octanol–water partition coefficient (Wildman–Crippen LogP) is 3.04. The average molecular weight is 384 g/mol. The van der Waals surface area contributed by atoms with Crippen LogP contribution in [0.15, 0.2) is 29.2 Å². The molecule has 1 atom stereocenters. The zero-order chi connectivity index (χ0) is 18.2. The molecule has 1 fully saturated rings. The first-order valence-corrected chi connectivity index (χ1v) is 10.7. The van der Waals surface area contributed by atoms with Crippen LogP contribution in [-0.4, -0.2) is 41.3 Å². The molecular weight excluding hydrogens is 361 g/mol. The fourth-order valence-electron chi connectivity index (χ4n) is 3.23. The van der Waals surface area contributed by atoms with E-state index in [1.807, 2.05) is 6.07 Å². The van der Waals surface area contributed by atoms with Gasteiger partial charge in [0.2, 0.25) is 10.0 Å². The zero-order valence-electron chi connectivity index (χ0n) is 14.6. The summed E-state index contributed by atoms with van der Waals surface area (Å²) in [6.45, 7) is 4.28. The van der Waals surface area contributed by atoms with Gasteiger partial charge in [0.1, 0.15) is 10.7 Å². The van der Waals surface area contributed by atoms with Gasteiger partial charge in [0.25, 0.3) is 0 Å². The highest BCUT2D eigenvalue weighted by Gasteiger charge is 2.33. The minimum absolute atomic E-state index is 0.0301. The first-order valence-electron chi connectivity index (χ1n) is 8.18. The van der Waals surface area contributed by atoms with Gasteiger partial charge in [-0.3, -0.25) is 4.68 Å². The molecule has 2 aromatic rings. The van der Waals surface area contributed by atoms with E-state index in [4.69, 9.17) is 0 Å². The van der Waals surface area contributed by atoms with Crippen LogP contribution in [0.5, 0.6) is 0 Å². The number of hydrogen-bond donors (Lipinski definition) is 0. The summed E-state index contributed by atoms with van der Waals surface area (Å²) in [5, 5.41) is 4.20. The Kier molecular flexibility index (Phi) is 5.22. The lowest BCUT2D eigenvalue weighted by Crippen LogP contribution is -2.33. The molecule has 1 aliphatic heterocycles. The van der Waals surface area contributed by atoms with Crippen LogP contribution in [0.1, 0.15) is 28.6 Å². The Morgan fingerprint density at radius 2 is 1.96 bits per heavy atom. The van der Waals surface area contributed by atoms with Crippen LogP contribution < -0.4 is 0 Å². The molecule has 25 heavy (non-hydrogen) atoms. The molecule has 0 aliphatic carbocycles. The topological polar surface area (TPSA) is 55.2 Å². The van der Waals surface area contributed by atoms with Crippen molar-refractivity contribution in [3.8, 4) is 0 Å². The molecule has 0 radical (unpaired) electrons. The molecule has 8 heteroatoms. The second-order valence-electron chi connectivity index (χ2n) is 6.20. The Balaban J connectivity index is 1.84. The average Bonchev–Trinajstić information content (AvgIpc) is 2.74. The molecule has 3 rings (SSSR count). The molecule has 1 saturated heterocycles. The maximum absolute atomic E-state index is 14.1. The van der Waals surface area contributed by atoms with Crippen molar-refractivity contribution in [1.82, 2.24) is 14.1 Å². The lowest BCUT2D eigenvalue weighted by Gasteiger charge is -2.20. The van der Waals surface area contributed by atoms with Gasteiger partial charge >= 0.3 is 0 Å². The molecule has 1 aliphatic rings. The summed E-state index contributed by atoms with van der Waals surface area (Å²) in [4.78, 5) is 0.296. The molecule has 136 valence electrons. The third-order valence-corrected chi connectivity index (χ3v) is 8.06. The van der Waals surface area contributed by atoms with Crippen molar-refractivity contribution in [2.75, 3.05) is 18.8 Å². The van der Waals surface area contributed by atoms with E-state index in [-0.39, 0.29) is 11.1 Å². The number of sulfonamides is 1. The summed E-state index contributed by atoms with van der Waals surface area (Å²) in [5.74, 6) is 0.409. The van der Waals surface area contributed by atoms with Crippen LogP contribution >= 0.6 is 11.8 Å². The van der Waals surface area contributed by atoms with Crippen LogP contribution in [0.4, 0.5) is 4.39 Å². The molecule has 0 bridgehead atoms. The number of halogens is 1. The number of aromatic nitrogens is 2. The Labute approximate surface area is 152 Å². The highest BCUT2D eigenvalue weighted by molar-refractivity contribution is 7.99. The van der Waals surface area contributed by atoms with Crippen LogP contribution in [0.2, 0.25) is 0 Å². The molecule has 1 aromatic carbocycles. The fourth-order valence-corrected chi connectivity index (χ4v) is 6.46. The van der Waals surface area contributed by atoms with Gasteiger partial charge in [-0.05, 0) is 26.3 Å². The third-order valence-electron chi connectivity index (χ3n) is 4.59. The molecule has 2 heterocycles. The Bertz CT molecular complexity index is 880. The molecule has 0 N–H and O–H groups in total. The minimum Gasteiger partial charge on any atom is -0.271 e. The summed E-state index contributed by atoms with van der Waals surface area (Å²) < 4.78 is 43.3. The third kappa shape index (κ3) is 3.47. The predicted molar refractivity (Wildman–Crippen MR) is 97.7 cm³/mol. The summed E-state index contributed by atoms with van der Waals surface area (Å²) >= 11 is 1.61. The van der Waals surface area contributed by atoms with Gasteiger partial charge in [0.05, 0.1) is 11.4 Å². The van der Waals surface area contributed by atoms with Crippen molar-refractivity contribution in [3.05, 3.63) is 47.0 Å². The van der Waals surface area contributed by atoms with Gasteiger partial charge < -0.3 is 0 Å². The highest BCUT2D eigenvalue weighted by Crippen LogP contribution is 2.37. The van der Waals surface area contributed by atoms with Crippen molar-refractivity contribution in [2.45, 2.75) is 30.4 Å². The van der Waals surface area contributed by atoms with E-state index in [1.165, 1.54) is 10.4 Å². The Hall–Kier alpha value is -1.38. The number of nitrogens with zero attached hydrogens (tertiary/aromatic N) is 3. The molecule has 1 aromatic heterocycles. The zero-order valence-corrected chi connectivity index (χ0v) is 16.2. The SMILES string of the molecule is Cc1nn(C)c(C)c1S(=O)(=O)N1CCSC(c2ccccc2F)CC1. The van der Waals surface area contributed by atoms with Gasteiger partial charge in [0, 0.05) is 36.7 Å². The lowest BCUT2D eigenvalue weighted by molar-refractivity contribution is 0.426. The monoisotopic (exact) mass is 383 g/mol. The molecule has 0 amide bonds. The van der Waals surface area contributed by atoms with Crippen molar-refractivity contribution >= 4 is 21.8 Å². The second kappa shape index (κ2) is 7.09. The number of thioether (sulfide) groups is 1. The van der Waals surface area contributed by atoms with E-state index in [9.17, 15) is 12.8 Å². The van der Waals surface area contributed by atoms with Crippen molar-refractivity contribution in [1.29, 1.82) is 0 Å². The van der Waals surface area contributed by atoms with Crippen molar-refractivity contribution in [3.63, 3.8) is 0 Å². The van der Waals surface area contributed by atoms with E-state index in [1.54, 1.807) is 49.5 Å². The normalized spacial score (nSPS) is 19.8. The van der Waals surface area contributed by atoms with Gasteiger partial charge in [-0.15, -0.1) is 0 Å². The minimum atomic E-state index is -3.60. The fraction of sp³-hybridized carbons (Fsp3) is 0.471. The highest BCUT2D eigenvalue weighted by atomic mass is 32.2. The molecular formula is C17H22FN3O2S2. The number of aryl methyl sites for hydroxylation is 2. The lowest BCUT2D eigenvalue weighted by atomic mass is 10.1. The Morgan fingerprint density at radius 1 is 1.24 bits per heavy atom. The van der Waals surface area contributed by atoms with Gasteiger partial charge in [-0.2, -0.15) is 21.2 Å². The molecule has 5 nitrogen and oxygen atoms in total. The van der Waals surface area contributed by atoms with Gasteiger partial charge in [0.15, 0.2) is 0 Å². The number of benzene rings is 1. The largest absolute Gasteiger partial charge is 0.271 e. The van der Waals surface area contributed by atoms with Crippen molar-refractivity contribution < 1.29 is 12.8 Å². The van der Waals surface area contributed by atoms with E-state index in [0.29, 0.717) is 47.1 Å². The number of hydrogen-bond acceptors (Lipinski definition) is 4. The van der Waals surface area contributed by atoms with Crippen LogP contribution in [0.25, 0.3) is 0 Å². The quantitative estimate of drug-likeness (QED) is 0.817.